The molecule has 38 heavy (non-hydrogen) atoms. The van der Waals surface area contributed by atoms with E-state index in [0.717, 1.165) is 15.6 Å². The second-order valence-electron chi connectivity index (χ2n) is 8.16. The maximum absolute atomic E-state index is 13.0. The summed E-state index contributed by atoms with van der Waals surface area (Å²) < 4.78 is 17.7. The molecule has 0 saturated carbocycles. The Kier molecular flexibility index (Phi) is 9.25. The largest absolute Gasteiger partial charge is 0.490 e. The van der Waals surface area contributed by atoms with Gasteiger partial charge in [0.25, 0.3) is 5.91 Å². The lowest BCUT2D eigenvalue weighted by Gasteiger charge is -2.14. The van der Waals surface area contributed by atoms with Crippen LogP contribution >= 0.6 is 27.7 Å². The number of ether oxygens (including phenoxy) is 3. The summed E-state index contributed by atoms with van der Waals surface area (Å²) in [5, 5.41) is 0.536. The number of rotatable bonds is 9. The maximum Gasteiger partial charge on any atom is 0.338 e. The van der Waals surface area contributed by atoms with E-state index >= 15 is 0 Å². The molecule has 0 aromatic heterocycles. The van der Waals surface area contributed by atoms with Crippen molar-refractivity contribution < 1.29 is 23.8 Å². The molecule has 0 aliphatic carbocycles. The molecule has 4 rings (SSSR count). The predicted molar refractivity (Wildman–Crippen MR) is 154 cm³/mol. The number of carbonyl (C=O) groups excluding carboxylic acids is 2. The molecular formula is C29H27BrN2O5S. The van der Waals surface area contributed by atoms with Gasteiger partial charge >= 0.3 is 5.97 Å². The van der Waals surface area contributed by atoms with Gasteiger partial charge in [-0.15, -0.1) is 0 Å². The number of aliphatic imine (C=N–C) groups is 1. The van der Waals surface area contributed by atoms with Crippen molar-refractivity contribution >= 4 is 56.5 Å². The fraction of sp³-hybridized carbons (Fsp3) is 0.207. The van der Waals surface area contributed by atoms with E-state index in [4.69, 9.17) is 14.2 Å². The molecule has 0 atom stereocenters. The Morgan fingerprint density at radius 3 is 2.39 bits per heavy atom. The van der Waals surface area contributed by atoms with Gasteiger partial charge in [0.05, 0.1) is 29.4 Å². The molecule has 0 spiro atoms. The third kappa shape index (κ3) is 6.65. The normalized spacial score (nSPS) is 15.3. The van der Waals surface area contributed by atoms with Crippen LogP contribution in [0.15, 0.2) is 81.1 Å². The molecule has 196 valence electrons. The topological polar surface area (TPSA) is 77.4 Å². The number of amidine groups is 1. The van der Waals surface area contributed by atoms with E-state index in [1.807, 2.05) is 55.5 Å². The summed E-state index contributed by atoms with van der Waals surface area (Å²) >= 11 is 4.89. The van der Waals surface area contributed by atoms with Crippen LogP contribution in [0.25, 0.3) is 6.08 Å². The summed E-state index contributed by atoms with van der Waals surface area (Å²) in [6.45, 7) is 4.87. The number of nitrogens with zero attached hydrogens (tertiary/aromatic N) is 2. The fourth-order valence-electron chi connectivity index (χ4n) is 3.57. The van der Waals surface area contributed by atoms with Gasteiger partial charge in [-0.1, -0.05) is 46.3 Å². The SMILES string of the molecule is CCOC(=O)c1ccc(N=C2S/C(=C/c3cc(OCC)c(OCc4ccccc4)cc3Br)C(=O)N2C)cc1. The van der Waals surface area contributed by atoms with E-state index in [-0.39, 0.29) is 11.9 Å². The maximum atomic E-state index is 13.0. The van der Waals surface area contributed by atoms with Crippen LogP contribution in [0.5, 0.6) is 11.5 Å². The van der Waals surface area contributed by atoms with Gasteiger partial charge in [-0.3, -0.25) is 9.69 Å². The zero-order valence-corrected chi connectivity index (χ0v) is 23.7. The zero-order chi connectivity index (χ0) is 27.1. The first-order valence-corrected chi connectivity index (χ1v) is 13.7. The molecule has 0 bridgehead atoms. The van der Waals surface area contributed by atoms with Crippen molar-refractivity contribution in [2.75, 3.05) is 20.3 Å². The van der Waals surface area contributed by atoms with Gasteiger partial charge in [0.15, 0.2) is 16.7 Å². The zero-order valence-electron chi connectivity index (χ0n) is 21.3. The monoisotopic (exact) mass is 594 g/mol. The third-order valence-electron chi connectivity index (χ3n) is 5.49. The van der Waals surface area contributed by atoms with Crippen molar-refractivity contribution in [3.8, 4) is 11.5 Å². The Hall–Kier alpha value is -3.56. The molecule has 1 aliphatic rings. The molecule has 0 radical (unpaired) electrons. The summed E-state index contributed by atoms with van der Waals surface area (Å²) in [5.74, 6) is 0.665. The number of hydrogen-bond donors (Lipinski definition) is 0. The Bertz CT molecular complexity index is 1370. The first kappa shape index (κ1) is 27.5. The second kappa shape index (κ2) is 12.8. The number of likely N-dealkylation sites (N-methyl/N-ethyl adjacent to an activating group) is 1. The first-order chi connectivity index (χ1) is 18.4. The van der Waals surface area contributed by atoms with Crippen molar-refractivity contribution in [3.05, 3.63) is 92.8 Å². The highest BCUT2D eigenvalue weighted by Crippen LogP contribution is 2.38. The van der Waals surface area contributed by atoms with Crippen LogP contribution in [0.2, 0.25) is 0 Å². The Morgan fingerprint density at radius 1 is 1.00 bits per heavy atom. The number of hydrogen-bond acceptors (Lipinski definition) is 7. The summed E-state index contributed by atoms with van der Waals surface area (Å²) in [6.07, 6.45) is 1.81. The average molecular weight is 596 g/mol. The van der Waals surface area contributed by atoms with Crippen LogP contribution < -0.4 is 9.47 Å². The molecular weight excluding hydrogens is 568 g/mol. The fourth-order valence-corrected chi connectivity index (χ4v) is 4.98. The van der Waals surface area contributed by atoms with Gasteiger partial charge in [0.1, 0.15) is 6.61 Å². The average Bonchev–Trinajstić information content (AvgIpc) is 3.18. The molecule has 1 fully saturated rings. The quantitative estimate of drug-likeness (QED) is 0.199. The van der Waals surface area contributed by atoms with Gasteiger partial charge in [0, 0.05) is 11.5 Å². The van der Waals surface area contributed by atoms with E-state index in [9.17, 15) is 9.59 Å². The van der Waals surface area contributed by atoms with Crippen molar-refractivity contribution in [3.63, 3.8) is 0 Å². The summed E-state index contributed by atoms with van der Waals surface area (Å²) in [4.78, 5) is 31.5. The number of benzene rings is 3. The minimum Gasteiger partial charge on any atom is -0.490 e. The highest BCUT2D eigenvalue weighted by Gasteiger charge is 2.30. The molecule has 0 N–H and O–H groups in total. The predicted octanol–water partition coefficient (Wildman–Crippen LogP) is 6.84. The van der Waals surface area contributed by atoms with Gasteiger partial charge in [-0.25, -0.2) is 9.79 Å². The van der Waals surface area contributed by atoms with Gasteiger partial charge in [-0.2, -0.15) is 0 Å². The van der Waals surface area contributed by atoms with Crippen LogP contribution in [-0.4, -0.2) is 42.2 Å². The lowest BCUT2D eigenvalue weighted by atomic mass is 10.1. The van der Waals surface area contributed by atoms with Crippen LogP contribution in [0, 0.1) is 0 Å². The Labute approximate surface area is 234 Å². The van der Waals surface area contributed by atoms with Crippen LogP contribution in [0.3, 0.4) is 0 Å². The van der Waals surface area contributed by atoms with E-state index in [1.165, 1.54) is 16.7 Å². The summed E-state index contributed by atoms with van der Waals surface area (Å²) in [7, 11) is 1.68. The number of amides is 1. The standard InChI is InChI=1S/C29H27BrN2O5S/c1-4-35-24-15-21(23(30)17-25(24)37-18-19-9-7-6-8-10-19)16-26-27(33)32(3)29(38-26)31-22-13-11-20(12-14-22)28(34)36-5-2/h6-17H,4-5,18H2,1-3H3/b26-16+,31-29?. The number of carbonyl (C=O) groups is 2. The van der Waals surface area contributed by atoms with Gasteiger partial charge < -0.3 is 14.2 Å². The van der Waals surface area contributed by atoms with E-state index < -0.39 is 0 Å². The highest BCUT2D eigenvalue weighted by atomic mass is 79.9. The molecule has 3 aromatic carbocycles. The Morgan fingerprint density at radius 2 is 1.71 bits per heavy atom. The molecule has 1 heterocycles. The molecule has 1 saturated heterocycles. The van der Waals surface area contributed by atoms with Crippen molar-refractivity contribution in [2.24, 2.45) is 4.99 Å². The van der Waals surface area contributed by atoms with Crippen LogP contribution in [-0.2, 0) is 16.1 Å². The number of halogens is 1. The second-order valence-corrected chi connectivity index (χ2v) is 10.0. The molecule has 1 amide bonds. The van der Waals surface area contributed by atoms with Crippen LogP contribution in [0.1, 0.15) is 35.3 Å². The molecule has 7 nitrogen and oxygen atoms in total. The van der Waals surface area contributed by atoms with E-state index in [0.29, 0.717) is 52.6 Å². The summed E-state index contributed by atoms with van der Waals surface area (Å²) in [5.41, 5.74) is 2.91. The lowest BCUT2D eigenvalue weighted by Crippen LogP contribution is -2.23. The van der Waals surface area contributed by atoms with Gasteiger partial charge in [-0.05, 0) is 79.2 Å². The minimum atomic E-state index is -0.382. The highest BCUT2D eigenvalue weighted by molar-refractivity contribution is 9.10. The molecule has 9 heteroatoms. The number of esters is 1. The number of thioether (sulfide) groups is 1. The van der Waals surface area contributed by atoms with E-state index in [1.54, 1.807) is 38.2 Å². The minimum absolute atomic E-state index is 0.161. The summed E-state index contributed by atoms with van der Waals surface area (Å²) in [6, 6.07) is 20.4. The van der Waals surface area contributed by atoms with Crippen molar-refractivity contribution in [1.82, 2.24) is 4.90 Å². The first-order valence-electron chi connectivity index (χ1n) is 12.1. The molecule has 0 unspecified atom stereocenters. The Balaban J connectivity index is 1.55. The molecule has 3 aromatic rings. The lowest BCUT2D eigenvalue weighted by molar-refractivity contribution is -0.121. The van der Waals surface area contributed by atoms with Crippen molar-refractivity contribution in [1.29, 1.82) is 0 Å². The third-order valence-corrected chi connectivity index (χ3v) is 7.24. The van der Waals surface area contributed by atoms with Crippen molar-refractivity contribution in [2.45, 2.75) is 20.5 Å². The van der Waals surface area contributed by atoms with E-state index in [2.05, 4.69) is 20.9 Å². The van der Waals surface area contributed by atoms with Gasteiger partial charge in [0.2, 0.25) is 0 Å². The smallest absolute Gasteiger partial charge is 0.338 e. The van der Waals surface area contributed by atoms with Crippen LogP contribution in [0.4, 0.5) is 5.69 Å². The molecule has 1 aliphatic heterocycles.